The molecule has 2 aromatic heterocycles. The number of pyridine rings is 2. The molecule has 2 amide bonds. The average Bonchev–Trinajstić information content (AvgIpc) is 3.25. The molecule has 2 atom stereocenters. The first kappa shape index (κ1) is 41.5. The Hall–Kier alpha value is -5.19. The molecule has 9 nitrogen and oxygen atoms in total. The van der Waals surface area contributed by atoms with Crippen LogP contribution in [0.5, 0.6) is 11.5 Å². The summed E-state index contributed by atoms with van der Waals surface area (Å²) in [5, 5.41) is 2.37. The van der Waals surface area contributed by atoms with E-state index in [9.17, 15) is 0 Å². The fourth-order valence-corrected chi connectivity index (χ4v) is 9.13. The van der Waals surface area contributed by atoms with Gasteiger partial charge in [-0.15, -0.1) is 0 Å². The van der Waals surface area contributed by atoms with Crippen LogP contribution in [-0.2, 0) is 11.4 Å². The molecule has 0 bridgehead atoms. The highest BCUT2D eigenvalue weighted by molar-refractivity contribution is 6.31. The number of benzene rings is 4. The second kappa shape index (κ2) is 17.1. The van der Waals surface area contributed by atoms with Crippen LogP contribution in [0.2, 0.25) is 20.1 Å². The SMILES string of the molecule is Cc1cc(Cl)ccc1OC1(c2cccnc2)CN(c2cc(Cl)ccc2C)CCN1C(=O)N1CCN(c2cc(Cl)ccc2C)CC1(Oc1ccc(Cl)cc1C)c1cccnc1. The molecule has 4 heterocycles. The van der Waals surface area contributed by atoms with Crippen molar-refractivity contribution in [3.8, 4) is 11.5 Å². The molecule has 2 fully saturated rings. The van der Waals surface area contributed by atoms with Crippen LogP contribution in [-0.4, -0.2) is 65.1 Å². The number of anilines is 2. The lowest BCUT2D eigenvalue weighted by Crippen LogP contribution is -2.72. The highest BCUT2D eigenvalue weighted by atomic mass is 35.5. The van der Waals surface area contributed by atoms with Gasteiger partial charge in [0.15, 0.2) is 0 Å². The van der Waals surface area contributed by atoms with Crippen LogP contribution in [0.3, 0.4) is 0 Å². The molecule has 6 aromatic rings. The molecule has 2 aliphatic heterocycles. The van der Waals surface area contributed by atoms with E-state index in [1.807, 2.05) is 109 Å². The van der Waals surface area contributed by atoms with Crippen LogP contribution >= 0.6 is 46.4 Å². The van der Waals surface area contributed by atoms with Crippen molar-refractivity contribution < 1.29 is 14.3 Å². The maximum atomic E-state index is 16.2. The molecule has 0 spiro atoms. The summed E-state index contributed by atoms with van der Waals surface area (Å²) in [7, 11) is 0. The Morgan fingerprint density at radius 1 is 0.533 bits per heavy atom. The smallest absolute Gasteiger partial charge is 0.326 e. The highest BCUT2D eigenvalue weighted by Crippen LogP contribution is 2.44. The maximum absolute atomic E-state index is 16.2. The van der Waals surface area contributed by atoms with Crippen molar-refractivity contribution in [1.82, 2.24) is 19.8 Å². The van der Waals surface area contributed by atoms with Crippen LogP contribution < -0.4 is 19.3 Å². The number of piperazine rings is 2. The van der Waals surface area contributed by atoms with Crippen molar-refractivity contribution in [2.75, 3.05) is 49.1 Å². The number of carbonyl (C=O) groups excluding carboxylic acids is 1. The fraction of sp³-hybridized carbons (Fsp3) is 0.255. The van der Waals surface area contributed by atoms with Crippen molar-refractivity contribution in [1.29, 1.82) is 0 Å². The highest BCUT2D eigenvalue weighted by Gasteiger charge is 2.56. The van der Waals surface area contributed by atoms with Gasteiger partial charge in [0.1, 0.15) is 11.5 Å². The van der Waals surface area contributed by atoms with Crippen LogP contribution in [0.4, 0.5) is 16.2 Å². The van der Waals surface area contributed by atoms with Crippen molar-refractivity contribution in [2.24, 2.45) is 0 Å². The number of aromatic nitrogens is 2. The van der Waals surface area contributed by atoms with Gasteiger partial charge in [-0.25, -0.2) is 4.79 Å². The third-order valence-corrected chi connectivity index (χ3v) is 12.4. The molecule has 2 aliphatic rings. The minimum Gasteiger partial charge on any atom is -0.461 e. The molecule has 13 heteroatoms. The predicted molar refractivity (Wildman–Crippen MR) is 241 cm³/mol. The molecule has 0 N–H and O–H groups in total. The number of hydrogen-bond acceptors (Lipinski definition) is 7. The van der Waals surface area contributed by atoms with Gasteiger partial charge < -0.3 is 19.3 Å². The lowest BCUT2D eigenvalue weighted by atomic mass is 9.95. The number of aryl methyl sites for hydroxylation is 4. The monoisotopic (exact) mass is 880 g/mol. The zero-order valence-corrected chi connectivity index (χ0v) is 36.7. The van der Waals surface area contributed by atoms with E-state index in [-0.39, 0.29) is 32.2 Å². The summed E-state index contributed by atoms with van der Waals surface area (Å²) in [5.74, 6) is 1.14. The molecule has 2 unspecified atom stereocenters. The Labute approximate surface area is 371 Å². The summed E-state index contributed by atoms with van der Waals surface area (Å²) in [4.78, 5) is 33.5. The van der Waals surface area contributed by atoms with Crippen molar-refractivity contribution in [3.05, 3.63) is 175 Å². The van der Waals surface area contributed by atoms with Gasteiger partial charge in [-0.05, 0) is 135 Å². The van der Waals surface area contributed by atoms with Crippen molar-refractivity contribution >= 4 is 63.8 Å². The Kier molecular flexibility index (Phi) is 11.8. The van der Waals surface area contributed by atoms with E-state index in [0.29, 0.717) is 55.8 Å². The summed E-state index contributed by atoms with van der Waals surface area (Å²) in [6.45, 7) is 9.98. The summed E-state index contributed by atoms with van der Waals surface area (Å²) in [6, 6.07) is 30.0. The number of halogens is 4. The van der Waals surface area contributed by atoms with Crippen LogP contribution in [0.15, 0.2) is 122 Å². The van der Waals surface area contributed by atoms with Gasteiger partial charge in [-0.3, -0.25) is 19.8 Å². The Balaban J connectivity index is 1.33. The summed E-state index contributed by atoms with van der Waals surface area (Å²) >= 11 is 26.2. The predicted octanol–water partition coefficient (Wildman–Crippen LogP) is 11.3. The molecule has 8 rings (SSSR count). The van der Waals surface area contributed by atoms with Crippen molar-refractivity contribution in [2.45, 2.75) is 39.1 Å². The van der Waals surface area contributed by atoms with E-state index in [4.69, 9.17) is 55.9 Å². The Morgan fingerprint density at radius 3 is 1.32 bits per heavy atom. The molecule has 308 valence electrons. The summed E-state index contributed by atoms with van der Waals surface area (Å²) < 4.78 is 14.6. The van der Waals surface area contributed by atoms with E-state index in [0.717, 1.165) is 33.6 Å². The standard InChI is InChI=1S/C47H44Cl4N6O3/c1-31-9-11-39(50)25-41(31)54-19-21-56(46(29-54,35-7-5-17-52-27-35)59-43-15-13-37(48)23-33(43)3)45(58)57-22-20-55(42-26-40(51)12-10-32(42)2)30-47(57,36-8-6-18-53-28-36)60-44-16-14-38(49)24-34(44)4/h5-18,23-28H,19-22,29-30H2,1-4H3. The van der Waals surface area contributed by atoms with Crippen LogP contribution in [0.1, 0.15) is 33.4 Å². The van der Waals surface area contributed by atoms with Gasteiger partial charge >= 0.3 is 6.03 Å². The van der Waals surface area contributed by atoms with E-state index >= 15 is 4.79 Å². The number of nitrogens with zero attached hydrogens (tertiary/aromatic N) is 6. The first-order chi connectivity index (χ1) is 28.9. The van der Waals surface area contributed by atoms with Gasteiger partial charge in [0, 0.05) is 93.6 Å². The number of amides is 2. The molecule has 4 aromatic carbocycles. The first-order valence-electron chi connectivity index (χ1n) is 19.7. The van der Waals surface area contributed by atoms with E-state index < -0.39 is 11.4 Å². The number of ether oxygens (including phenoxy) is 2. The minimum absolute atomic E-state index is 0.242. The molecular weight excluding hydrogens is 838 g/mol. The van der Waals surface area contributed by atoms with E-state index in [1.165, 1.54) is 0 Å². The Bertz CT molecular complexity index is 2360. The molecule has 0 radical (unpaired) electrons. The second-order valence-corrected chi connectivity index (χ2v) is 17.1. The molecular formula is C47H44Cl4N6O3. The topological polar surface area (TPSA) is 74.3 Å². The minimum atomic E-state index is -1.42. The van der Waals surface area contributed by atoms with Gasteiger partial charge in [-0.1, -0.05) is 58.5 Å². The molecule has 0 aliphatic carbocycles. The fourth-order valence-electron chi connectivity index (χ4n) is 8.35. The number of hydrogen-bond donors (Lipinski definition) is 0. The zero-order valence-electron chi connectivity index (χ0n) is 33.7. The van der Waals surface area contributed by atoms with Gasteiger partial charge in [0.25, 0.3) is 0 Å². The number of carbonyl (C=O) groups is 1. The van der Waals surface area contributed by atoms with Gasteiger partial charge in [0.2, 0.25) is 11.4 Å². The normalized spacial score (nSPS) is 19.3. The number of rotatable bonds is 8. The lowest BCUT2D eigenvalue weighted by molar-refractivity contribution is -0.115. The molecule has 0 saturated carbocycles. The van der Waals surface area contributed by atoms with E-state index in [1.54, 1.807) is 36.9 Å². The largest absolute Gasteiger partial charge is 0.461 e. The van der Waals surface area contributed by atoms with Gasteiger partial charge in [0.05, 0.1) is 13.1 Å². The molecule has 2 saturated heterocycles. The van der Waals surface area contributed by atoms with Crippen LogP contribution in [0, 0.1) is 27.7 Å². The average molecular weight is 883 g/mol. The van der Waals surface area contributed by atoms with E-state index in [2.05, 4.69) is 33.6 Å². The quantitative estimate of drug-likeness (QED) is 0.151. The van der Waals surface area contributed by atoms with Crippen LogP contribution in [0.25, 0.3) is 0 Å². The Morgan fingerprint density at radius 2 is 0.933 bits per heavy atom. The maximum Gasteiger partial charge on any atom is 0.326 e. The number of urea groups is 1. The lowest BCUT2D eigenvalue weighted by Gasteiger charge is -2.56. The van der Waals surface area contributed by atoms with Crippen molar-refractivity contribution in [3.63, 3.8) is 0 Å². The molecule has 60 heavy (non-hydrogen) atoms. The third kappa shape index (κ3) is 8.04. The first-order valence-corrected chi connectivity index (χ1v) is 21.2. The third-order valence-electron chi connectivity index (χ3n) is 11.4. The second-order valence-electron chi connectivity index (χ2n) is 15.4. The zero-order chi connectivity index (χ0) is 42.2. The summed E-state index contributed by atoms with van der Waals surface area (Å²) in [6.07, 6.45) is 6.96. The van der Waals surface area contributed by atoms with Gasteiger partial charge in [-0.2, -0.15) is 0 Å². The summed E-state index contributed by atoms with van der Waals surface area (Å²) in [5.41, 5.74) is 4.11.